The van der Waals surface area contributed by atoms with Crippen LogP contribution in [0.5, 0.6) is 0 Å². The fourth-order valence-electron chi connectivity index (χ4n) is 1.35. The maximum absolute atomic E-state index is 13.4. The molecule has 1 N–H and O–H groups in total. The Balaban J connectivity index is 3.15. The number of hydrogen-bond acceptors (Lipinski definition) is 1. The lowest BCUT2D eigenvalue weighted by Crippen LogP contribution is -2.29. The normalized spacial score (nSPS) is 17.1. The molecule has 0 aliphatic heterocycles. The molecule has 0 amide bonds. The van der Waals surface area contributed by atoms with E-state index in [1.54, 1.807) is 38.1 Å². The molecule has 1 nitrogen and oxygen atoms in total. The molecule has 0 aromatic heterocycles. The van der Waals surface area contributed by atoms with Crippen LogP contribution < -0.4 is 0 Å². The van der Waals surface area contributed by atoms with Gasteiger partial charge in [0.05, 0.1) is 5.60 Å². The summed E-state index contributed by atoms with van der Waals surface area (Å²) in [6.07, 6.45) is 1.62. The summed E-state index contributed by atoms with van der Waals surface area (Å²) in [6, 6.07) is 6.26. The summed E-state index contributed by atoms with van der Waals surface area (Å²) < 4.78 is 13.4. The van der Waals surface area contributed by atoms with Gasteiger partial charge in [0.1, 0.15) is 5.82 Å². The zero-order chi connectivity index (χ0) is 10.8. The minimum atomic E-state index is -1.20. The van der Waals surface area contributed by atoms with Gasteiger partial charge in [0, 0.05) is 11.5 Å². The van der Waals surface area contributed by atoms with Crippen molar-refractivity contribution in [3.63, 3.8) is 0 Å². The van der Waals surface area contributed by atoms with Crippen LogP contribution in [0.25, 0.3) is 0 Å². The maximum Gasteiger partial charge on any atom is 0.129 e. The third-order valence-electron chi connectivity index (χ3n) is 2.66. The van der Waals surface area contributed by atoms with E-state index in [4.69, 9.17) is 0 Å². The highest BCUT2D eigenvalue weighted by Crippen LogP contribution is 2.31. The van der Waals surface area contributed by atoms with Crippen LogP contribution in [0, 0.1) is 11.7 Å². The second-order valence-corrected chi connectivity index (χ2v) is 3.65. The molecule has 0 heterocycles. The summed E-state index contributed by atoms with van der Waals surface area (Å²) in [4.78, 5) is 0. The van der Waals surface area contributed by atoms with E-state index in [0.717, 1.165) is 0 Å². The summed E-state index contributed by atoms with van der Waals surface area (Å²) in [6.45, 7) is 7.00. The SMILES string of the molecule is C=C[C@@H](C)[C@@](C)(O)c1ccccc1F. The molecule has 2 heteroatoms. The first-order valence-electron chi connectivity index (χ1n) is 4.60. The van der Waals surface area contributed by atoms with Gasteiger partial charge < -0.3 is 5.11 Å². The van der Waals surface area contributed by atoms with Crippen LogP contribution in [0.1, 0.15) is 19.4 Å². The summed E-state index contributed by atoms with van der Waals surface area (Å²) in [5.41, 5.74) is -0.889. The quantitative estimate of drug-likeness (QED) is 0.733. The van der Waals surface area contributed by atoms with Crippen LogP contribution in [0.4, 0.5) is 4.39 Å². The first kappa shape index (κ1) is 10.9. The smallest absolute Gasteiger partial charge is 0.129 e. The van der Waals surface area contributed by atoms with Crippen LogP contribution >= 0.6 is 0 Å². The second kappa shape index (κ2) is 3.93. The van der Waals surface area contributed by atoms with Gasteiger partial charge in [-0.25, -0.2) is 4.39 Å². The highest BCUT2D eigenvalue weighted by atomic mass is 19.1. The molecular formula is C12H15FO. The van der Waals surface area contributed by atoms with E-state index in [9.17, 15) is 9.50 Å². The molecule has 0 aliphatic rings. The molecule has 0 saturated heterocycles. The summed E-state index contributed by atoms with van der Waals surface area (Å²) in [5, 5.41) is 10.1. The number of aliphatic hydroxyl groups is 1. The highest BCUT2D eigenvalue weighted by Gasteiger charge is 2.30. The van der Waals surface area contributed by atoms with Crippen molar-refractivity contribution in [1.82, 2.24) is 0 Å². The molecule has 2 atom stereocenters. The molecule has 0 saturated carbocycles. The Hall–Kier alpha value is -1.15. The number of halogens is 1. The van der Waals surface area contributed by atoms with Gasteiger partial charge in [-0.3, -0.25) is 0 Å². The Labute approximate surface area is 83.9 Å². The average molecular weight is 194 g/mol. The van der Waals surface area contributed by atoms with Gasteiger partial charge in [0.15, 0.2) is 0 Å². The van der Waals surface area contributed by atoms with Crippen molar-refractivity contribution in [2.75, 3.05) is 0 Å². The second-order valence-electron chi connectivity index (χ2n) is 3.65. The molecule has 0 aliphatic carbocycles. The van der Waals surface area contributed by atoms with Crippen LogP contribution in [0.2, 0.25) is 0 Å². The van der Waals surface area contributed by atoms with Crippen LogP contribution in [0.15, 0.2) is 36.9 Å². The van der Waals surface area contributed by atoms with Crippen LogP contribution in [0.3, 0.4) is 0 Å². The largest absolute Gasteiger partial charge is 0.385 e. The topological polar surface area (TPSA) is 20.2 Å². The van der Waals surface area contributed by atoms with Crippen molar-refractivity contribution >= 4 is 0 Å². The number of rotatable bonds is 3. The Morgan fingerprint density at radius 1 is 1.50 bits per heavy atom. The van der Waals surface area contributed by atoms with E-state index in [2.05, 4.69) is 6.58 Å². The fraction of sp³-hybridized carbons (Fsp3) is 0.333. The molecule has 0 unspecified atom stereocenters. The lowest BCUT2D eigenvalue weighted by Gasteiger charge is -2.28. The minimum absolute atomic E-state index is 0.195. The fourth-order valence-corrected chi connectivity index (χ4v) is 1.35. The van der Waals surface area contributed by atoms with Gasteiger partial charge in [-0.15, -0.1) is 6.58 Å². The highest BCUT2D eigenvalue weighted by molar-refractivity contribution is 5.25. The molecular weight excluding hydrogens is 179 g/mol. The van der Waals surface area contributed by atoms with Crippen molar-refractivity contribution < 1.29 is 9.50 Å². The lowest BCUT2D eigenvalue weighted by molar-refractivity contribution is 0.0171. The van der Waals surface area contributed by atoms with Crippen molar-refractivity contribution in [2.45, 2.75) is 19.4 Å². The monoisotopic (exact) mass is 194 g/mol. The van der Waals surface area contributed by atoms with E-state index in [1.165, 1.54) is 6.07 Å². The maximum atomic E-state index is 13.4. The molecule has 0 spiro atoms. The van der Waals surface area contributed by atoms with Crippen molar-refractivity contribution in [3.8, 4) is 0 Å². The van der Waals surface area contributed by atoms with E-state index >= 15 is 0 Å². The molecule has 0 fully saturated rings. The molecule has 76 valence electrons. The van der Waals surface area contributed by atoms with Crippen molar-refractivity contribution in [2.24, 2.45) is 5.92 Å². The van der Waals surface area contributed by atoms with Gasteiger partial charge in [0.2, 0.25) is 0 Å². The molecule has 1 aromatic rings. The molecule has 1 aromatic carbocycles. The van der Waals surface area contributed by atoms with Gasteiger partial charge in [-0.05, 0) is 13.0 Å². The third-order valence-corrected chi connectivity index (χ3v) is 2.66. The zero-order valence-electron chi connectivity index (χ0n) is 8.50. The Morgan fingerprint density at radius 2 is 2.07 bits per heavy atom. The van der Waals surface area contributed by atoms with Crippen LogP contribution in [-0.2, 0) is 5.60 Å². The molecule has 1 rings (SSSR count). The average Bonchev–Trinajstić information content (AvgIpc) is 2.17. The summed E-state index contributed by atoms with van der Waals surface area (Å²) in [7, 11) is 0. The van der Waals surface area contributed by atoms with Crippen molar-refractivity contribution in [3.05, 3.63) is 48.3 Å². The Bertz CT molecular complexity index is 331. The van der Waals surface area contributed by atoms with Crippen molar-refractivity contribution in [1.29, 1.82) is 0 Å². The third kappa shape index (κ3) is 1.85. The van der Waals surface area contributed by atoms with Gasteiger partial charge in [-0.2, -0.15) is 0 Å². The number of benzene rings is 1. The lowest BCUT2D eigenvalue weighted by atomic mass is 9.84. The van der Waals surface area contributed by atoms with E-state index in [-0.39, 0.29) is 11.7 Å². The molecule has 0 radical (unpaired) electrons. The van der Waals surface area contributed by atoms with Gasteiger partial charge in [0.25, 0.3) is 0 Å². The van der Waals surface area contributed by atoms with Crippen LogP contribution in [-0.4, -0.2) is 5.11 Å². The van der Waals surface area contributed by atoms with E-state index in [0.29, 0.717) is 5.56 Å². The zero-order valence-corrected chi connectivity index (χ0v) is 8.50. The Kier molecular flexibility index (Phi) is 3.06. The summed E-state index contributed by atoms with van der Waals surface area (Å²) >= 11 is 0. The predicted molar refractivity (Wildman–Crippen MR) is 55.3 cm³/mol. The van der Waals surface area contributed by atoms with E-state index < -0.39 is 5.60 Å². The summed E-state index contributed by atoms with van der Waals surface area (Å²) in [5.74, 6) is -0.578. The minimum Gasteiger partial charge on any atom is -0.385 e. The first-order chi connectivity index (χ1) is 6.50. The first-order valence-corrected chi connectivity index (χ1v) is 4.60. The number of hydrogen-bond donors (Lipinski definition) is 1. The Morgan fingerprint density at radius 3 is 2.57 bits per heavy atom. The van der Waals surface area contributed by atoms with Gasteiger partial charge >= 0.3 is 0 Å². The van der Waals surface area contributed by atoms with E-state index in [1.807, 2.05) is 0 Å². The predicted octanol–water partition coefficient (Wildman–Crippen LogP) is 2.86. The van der Waals surface area contributed by atoms with Gasteiger partial charge in [-0.1, -0.05) is 31.2 Å². The standard InChI is InChI=1S/C12H15FO/c1-4-9(2)12(3,14)10-7-5-6-8-11(10)13/h4-9,14H,1H2,2-3H3/t9-,12-/m1/s1. The molecule has 0 bridgehead atoms. The molecule has 14 heavy (non-hydrogen) atoms.